The Morgan fingerprint density at radius 2 is 0.820 bits per heavy atom. The van der Waals surface area contributed by atoms with Gasteiger partial charge in [-0.3, -0.25) is 0 Å². The van der Waals surface area contributed by atoms with Crippen LogP contribution in [-0.4, -0.2) is 104 Å². The smallest absolute Gasteiger partial charge is 0.227 e. The highest BCUT2D eigenvalue weighted by atomic mass is 79.9. The number of fused-ring (bicyclic) bond motifs is 9. The first-order chi connectivity index (χ1) is 54.4. The van der Waals surface area contributed by atoms with Crippen molar-refractivity contribution in [2.24, 2.45) is 0 Å². The molecule has 2 fully saturated rings. The molecule has 1 saturated carbocycles. The molecule has 9 aromatic carbocycles. The molecular formula is C95H98Br2Cl2N12. The van der Waals surface area contributed by atoms with Crippen LogP contribution in [0.4, 0.5) is 34.9 Å². The van der Waals surface area contributed by atoms with Crippen LogP contribution >= 0.6 is 55.1 Å². The number of likely N-dealkylation sites (tertiary alicyclic amines) is 1. The number of piperidine rings is 1. The average Bonchev–Trinajstić information content (AvgIpc) is 0.770. The van der Waals surface area contributed by atoms with Gasteiger partial charge in [-0.25, -0.2) is 29.9 Å². The van der Waals surface area contributed by atoms with Gasteiger partial charge in [0, 0.05) is 105 Å². The number of hydrogen-bond donors (Lipinski definition) is 3. The summed E-state index contributed by atoms with van der Waals surface area (Å²) >= 11 is 19.7. The number of unbranched alkanes of at least 4 members (excludes halogenated alkanes) is 1. The number of rotatable bonds is 22. The van der Waals surface area contributed by atoms with Gasteiger partial charge in [0.15, 0.2) is 0 Å². The molecule has 16 heteroatoms. The van der Waals surface area contributed by atoms with Gasteiger partial charge in [0.1, 0.15) is 0 Å². The molecule has 0 radical (unpaired) electrons. The van der Waals surface area contributed by atoms with E-state index in [0.717, 1.165) is 124 Å². The molecule has 3 N–H and O–H groups in total. The largest absolute Gasteiger partial charge is 0.324 e. The maximum atomic E-state index is 6.36. The number of nitrogens with zero attached hydrogens (tertiary/aromatic N) is 9. The van der Waals surface area contributed by atoms with Gasteiger partial charge >= 0.3 is 0 Å². The van der Waals surface area contributed by atoms with Crippen molar-refractivity contribution in [3.63, 3.8) is 0 Å². The molecule has 0 unspecified atom stereocenters. The van der Waals surface area contributed by atoms with Crippen LogP contribution < -0.4 is 16.0 Å². The molecular weight excluding hydrogens is 1540 g/mol. The molecule has 3 aromatic heterocycles. The zero-order chi connectivity index (χ0) is 76.0. The van der Waals surface area contributed by atoms with E-state index in [2.05, 4.69) is 299 Å². The minimum atomic E-state index is 0.176. The Morgan fingerprint density at radius 1 is 0.423 bits per heavy atom. The third-order valence-electron chi connectivity index (χ3n) is 23.0. The van der Waals surface area contributed by atoms with Gasteiger partial charge in [-0.2, -0.15) is 0 Å². The van der Waals surface area contributed by atoms with E-state index in [1.807, 2.05) is 30.7 Å². The summed E-state index contributed by atoms with van der Waals surface area (Å²) in [5.74, 6) is 2.68. The van der Waals surface area contributed by atoms with E-state index in [9.17, 15) is 0 Å². The van der Waals surface area contributed by atoms with Crippen LogP contribution in [0.25, 0.3) is 33.8 Å². The van der Waals surface area contributed by atoms with Crippen LogP contribution in [0, 0.1) is 0 Å². The second-order valence-corrected chi connectivity index (χ2v) is 33.2. The van der Waals surface area contributed by atoms with Gasteiger partial charge in [0.25, 0.3) is 0 Å². The monoisotopic (exact) mass is 1630 g/mol. The van der Waals surface area contributed by atoms with Crippen molar-refractivity contribution in [1.82, 2.24) is 44.6 Å². The van der Waals surface area contributed by atoms with Crippen LogP contribution in [0.3, 0.4) is 0 Å². The Morgan fingerprint density at radius 3 is 1.25 bits per heavy atom. The lowest BCUT2D eigenvalue weighted by Crippen LogP contribution is -2.34. The van der Waals surface area contributed by atoms with Crippen LogP contribution in [0.1, 0.15) is 156 Å². The van der Waals surface area contributed by atoms with E-state index < -0.39 is 0 Å². The number of likely N-dealkylation sites (N-methyl/N-ethyl adjacent to an activating group) is 2. The first-order valence-electron chi connectivity index (χ1n) is 39.9. The van der Waals surface area contributed by atoms with Gasteiger partial charge in [0.05, 0.1) is 27.1 Å². The van der Waals surface area contributed by atoms with Crippen molar-refractivity contribution in [2.75, 3.05) is 69.3 Å². The molecule has 0 amide bonds. The molecule has 17 rings (SSSR count). The molecule has 0 bridgehead atoms. The third kappa shape index (κ3) is 19.6. The molecule has 1 aliphatic heterocycles. The Kier molecular flexibility index (Phi) is 25.9. The maximum absolute atomic E-state index is 6.36. The zero-order valence-electron chi connectivity index (χ0n) is 63.8. The lowest BCUT2D eigenvalue weighted by atomic mass is 9.78. The van der Waals surface area contributed by atoms with Crippen molar-refractivity contribution in [3.8, 4) is 33.8 Å². The maximum Gasteiger partial charge on any atom is 0.227 e. The summed E-state index contributed by atoms with van der Waals surface area (Å²) in [4.78, 5) is 36.5. The first kappa shape index (κ1) is 77.4. The summed E-state index contributed by atoms with van der Waals surface area (Å²) in [6.07, 6.45) is 25.2. The van der Waals surface area contributed by atoms with E-state index in [0.29, 0.717) is 39.7 Å². The highest BCUT2D eigenvalue weighted by Crippen LogP contribution is 2.46. The lowest BCUT2D eigenvalue weighted by molar-refractivity contribution is 0.194. The first-order valence-corrected chi connectivity index (χ1v) is 42.2. The minimum absolute atomic E-state index is 0.176. The van der Waals surface area contributed by atoms with Gasteiger partial charge < -0.3 is 30.7 Å². The number of halogens is 4. The third-order valence-corrected chi connectivity index (χ3v) is 24.7. The molecule has 5 aliphatic rings. The van der Waals surface area contributed by atoms with E-state index in [4.69, 9.17) is 38.2 Å². The molecule has 1 saturated heterocycles. The van der Waals surface area contributed by atoms with Crippen molar-refractivity contribution >= 4 is 90.0 Å². The standard InChI is InChI=1S/C33H34Cl2N4.C31H31BrN4.C31H33BrN4/c1-39(26-7-3-2-4-8-26)18-17-22-11-14-25(15-12-22)37-33-36-21-24-19-29(23-13-16-30(34)31(35)20-23)27-9-5-6-10-28(27)32(24)38-33;32-25-12-10-23(11-13-25)29-20-24-21-33-31(35-30(24)28-7-3-2-6-27(28)29)34-26-14-8-22(9-15-26)16-19-36-17-4-1-5-18-36;1-3-4-18-36(2)19-17-22-9-15-26(16-10-22)34-31-33-21-24-20-29(23-11-13-25(32)14-12-23)27-7-5-6-8-28(27)30(24)35-31/h5-6,9-16,20-21,26,29H,2-4,7-8,17-19H2,1H3,(H,36,37,38);2-3,6-15,21,29H,1,4-5,16-20H2,(H,33,34,35);5-16,21,29H,3-4,17-20H2,1-2H3,(H,33,34,35)/t3*29-/m011/s1. The minimum Gasteiger partial charge on any atom is -0.324 e. The summed E-state index contributed by atoms with van der Waals surface area (Å²) < 4.78 is 2.20. The lowest BCUT2D eigenvalue weighted by Gasteiger charge is -2.31. The van der Waals surface area contributed by atoms with Crippen molar-refractivity contribution in [2.45, 2.75) is 133 Å². The van der Waals surface area contributed by atoms with Crippen LogP contribution in [0.5, 0.6) is 0 Å². The van der Waals surface area contributed by atoms with Crippen molar-refractivity contribution in [1.29, 1.82) is 0 Å². The number of aromatic nitrogens is 6. The topological polar surface area (TPSA) is 123 Å². The van der Waals surface area contributed by atoms with E-state index in [1.165, 1.54) is 151 Å². The fourth-order valence-electron chi connectivity index (χ4n) is 16.6. The number of nitrogens with one attached hydrogen (secondary N) is 3. The van der Waals surface area contributed by atoms with E-state index in [-0.39, 0.29) is 5.92 Å². The van der Waals surface area contributed by atoms with Crippen molar-refractivity contribution in [3.05, 3.63) is 317 Å². The van der Waals surface area contributed by atoms with Gasteiger partial charge in [-0.1, -0.05) is 234 Å². The highest BCUT2D eigenvalue weighted by molar-refractivity contribution is 9.10. The van der Waals surface area contributed by atoms with Crippen LogP contribution in [0.2, 0.25) is 10.0 Å². The number of hydrogen-bond acceptors (Lipinski definition) is 12. The molecule has 566 valence electrons. The molecule has 4 aliphatic carbocycles. The molecule has 3 atom stereocenters. The molecule has 4 heterocycles. The zero-order valence-corrected chi connectivity index (χ0v) is 68.5. The normalized spacial score (nSPS) is 16.3. The summed E-state index contributed by atoms with van der Waals surface area (Å²) in [5, 5.41) is 11.4. The summed E-state index contributed by atoms with van der Waals surface area (Å²) in [5.41, 5.74) is 24.9. The second kappa shape index (κ2) is 37.1. The summed E-state index contributed by atoms with van der Waals surface area (Å²) in [7, 11) is 4.49. The van der Waals surface area contributed by atoms with Crippen LogP contribution in [0.15, 0.2) is 240 Å². The van der Waals surface area contributed by atoms with Crippen LogP contribution in [-0.2, 0) is 38.5 Å². The molecule has 0 spiro atoms. The summed E-state index contributed by atoms with van der Waals surface area (Å²) in [6, 6.07) is 75.9. The molecule has 12 aromatic rings. The van der Waals surface area contributed by atoms with E-state index in [1.54, 1.807) is 0 Å². The molecule has 12 nitrogen and oxygen atoms in total. The Balaban J connectivity index is 0.000000132. The van der Waals surface area contributed by atoms with Crippen molar-refractivity contribution < 1.29 is 0 Å². The predicted octanol–water partition coefficient (Wildman–Crippen LogP) is 23.7. The number of benzene rings is 9. The summed E-state index contributed by atoms with van der Waals surface area (Å²) in [6.45, 7) is 9.26. The quantitative estimate of drug-likeness (QED) is 0.0599. The predicted molar refractivity (Wildman–Crippen MR) is 466 cm³/mol. The van der Waals surface area contributed by atoms with Gasteiger partial charge in [-0.05, 0) is 244 Å². The molecule has 111 heavy (non-hydrogen) atoms. The second-order valence-electron chi connectivity index (χ2n) is 30.6. The van der Waals surface area contributed by atoms with Gasteiger partial charge in [-0.15, -0.1) is 0 Å². The average molecular weight is 1640 g/mol. The number of anilines is 6. The fraction of sp³-hybridized carbons (Fsp3) is 0.305. The Bertz CT molecular complexity index is 5090. The van der Waals surface area contributed by atoms with Gasteiger partial charge in [0.2, 0.25) is 17.8 Å². The fourth-order valence-corrected chi connectivity index (χ4v) is 17.4. The highest BCUT2D eigenvalue weighted by Gasteiger charge is 2.32. The Hall–Kier alpha value is -8.96. The van der Waals surface area contributed by atoms with E-state index >= 15 is 0 Å². The Labute approximate surface area is 682 Å². The SMILES string of the molecule is Brc1ccc([C@H]2Cc3cnc(Nc4ccc(CCN5CCCCC5)cc4)nc3-c3ccccc32)cc1.CCCCN(C)CCc1ccc(Nc2ncc3c(n2)-c2ccccc2[C@@H](c2ccc(Br)cc2)C3)cc1.CN(CCc1ccc(Nc2ncc3c(n2)-c2ccccc2[C@H](c2ccc(Cl)c(Cl)c2)C3)cc1)C1CCCCC1.